The van der Waals surface area contributed by atoms with Gasteiger partial charge in [0.25, 0.3) is 10.0 Å². The quantitative estimate of drug-likeness (QED) is 0.309. The molecule has 4 aromatic carbocycles. The lowest BCUT2D eigenvalue weighted by Crippen LogP contribution is -2.42. The van der Waals surface area contributed by atoms with Gasteiger partial charge in [-0.05, 0) is 64.9 Å². The molecule has 1 unspecified atom stereocenters. The van der Waals surface area contributed by atoms with Gasteiger partial charge in [0, 0.05) is 6.54 Å². The van der Waals surface area contributed by atoms with Crippen molar-refractivity contribution >= 4 is 32.4 Å². The molecule has 36 heavy (non-hydrogen) atoms. The summed E-state index contributed by atoms with van der Waals surface area (Å²) in [7, 11) is -3.91. The molecule has 0 aliphatic carbocycles. The number of aryl methyl sites for hydroxylation is 1. The largest absolute Gasteiger partial charge is 0.354 e. The molecule has 5 nitrogen and oxygen atoms in total. The number of sulfonamides is 1. The zero-order valence-corrected chi connectivity index (χ0v) is 21.5. The second kappa shape index (κ2) is 11.4. The van der Waals surface area contributed by atoms with E-state index in [4.69, 9.17) is 0 Å². The van der Waals surface area contributed by atoms with Crippen LogP contribution >= 0.6 is 0 Å². The fourth-order valence-electron chi connectivity index (χ4n) is 4.33. The van der Waals surface area contributed by atoms with Crippen LogP contribution in [-0.2, 0) is 27.7 Å². The monoisotopic (exact) mass is 500 g/mol. The van der Waals surface area contributed by atoms with Crippen LogP contribution in [0.4, 0.5) is 5.69 Å². The summed E-state index contributed by atoms with van der Waals surface area (Å²) in [5.74, 6) is -0.151. The number of nitrogens with one attached hydrogen (secondary N) is 1. The van der Waals surface area contributed by atoms with E-state index in [1.165, 1.54) is 20.6 Å². The van der Waals surface area contributed by atoms with Crippen LogP contribution in [-0.4, -0.2) is 27.4 Å². The van der Waals surface area contributed by atoms with E-state index in [0.717, 1.165) is 18.4 Å². The Bertz CT molecular complexity index is 1410. The van der Waals surface area contributed by atoms with Crippen LogP contribution < -0.4 is 9.62 Å². The maximum absolute atomic E-state index is 13.5. The predicted molar refractivity (Wildman–Crippen MR) is 147 cm³/mol. The van der Waals surface area contributed by atoms with Crippen LogP contribution in [0.3, 0.4) is 0 Å². The molecule has 0 saturated carbocycles. The minimum atomic E-state index is -3.91. The lowest BCUT2D eigenvalue weighted by Gasteiger charge is -2.25. The Morgan fingerprint density at radius 2 is 1.53 bits per heavy atom. The first-order valence-corrected chi connectivity index (χ1v) is 13.7. The number of rotatable bonds is 10. The number of carbonyl (C=O) groups excluding carboxylic acids is 1. The summed E-state index contributed by atoms with van der Waals surface area (Å²) in [6, 6.07) is 30.1. The Kier molecular flexibility index (Phi) is 8.06. The molecular weight excluding hydrogens is 468 g/mol. The van der Waals surface area contributed by atoms with Crippen LogP contribution in [0, 0.1) is 5.92 Å². The van der Waals surface area contributed by atoms with Crippen molar-refractivity contribution in [3.05, 3.63) is 108 Å². The Morgan fingerprint density at radius 1 is 0.861 bits per heavy atom. The smallest absolute Gasteiger partial charge is 0.264 e. The highest BCUT2D eigenvalue weighted by Gasteiger charge is 2.27. The van der Waals surface area contributed by atoms with E-state index in [1.54, 1.807) is 42.5 Å². The maximum Gasteiger partial charge on any atom is 0.264 e. The first-order valence-electron chi connectivity index (χ1n) is 12.3. The zero-order valence-electron chi connectivity index (χ0n) is 20.7. The molecule has 0 aliphatic rings. The van der Waals surface area contributed by atoms with Crippen molar-refractivity contribution in [2.45, 2.75) is 31.6 Å². The van der Waals surface area contributed by atoms with E-state index in [0.29, 0.717) is 12.2 Å². The highest BCUT2D eigenvalue weighted by atomic mass is 32.2. The van der Waals surface area contributed by atoms with E-state index in [-0.39, 0.29) is 23.3 Å². The molecule has 0 radical (unpaired) electrons. The molecule has 0 spiro atoms. The van der Waals surface area contributed by atoms with Gasteiger partial charge in [-0.3, -0.25) is 9.10 Å². The van der Waals surface area contributed by atoms with Gasteiger partial charge >= 0.3 is 0 Å². The third kappa shape index (κ3) is 5.94. The number of hydrogen-bond donors (Lipinski definition) is 1. The van der Waals surface area contributed by atoms with Crippen molar-refractivity contribution in [1.29, 1.82) is 0 Å². The summed E-state index contributed by atoms with van der Waals surface area (Å²) >= 11 is 0. The fraction of sp³-hybridized carbons (Fsp3) is 0.233. The van der Waals surface area contributed by atoms with Crippen LogP contribution in [0.15, 0.2) is 102 Å². The number of carbonyl (C=O) groups is 1. The molecule has 1 amide bonds. The molecule has 0 aromatic heterocycles. The third-order valence-electron chi connectivity index (χ3n) is 6.35. The molecule has 186 valence electrons. The van der Waals surface area contributed by atoms with Crippen molar-refractivity contribution < 1.29 is 13.2 Å². The molecule has 1 atom stereocenters. The van der Waals surface area contributed by atoms with Crippen molar-refractivity contribution in [1.82, 2.24) is 5.32 Å². The number of benzene rings is 4. The van der Waals surface area contributed by atoms with E-state index in [9.17, 15) is 13.2 Å². The van der Waals surface area contributed by atoms with Gasteiger partial charge in [0.2, 0.25) is 5.91 Å². The number of fused-ring (bicyclic) bond motifs is 1. The van der Waals surface area contributed by atoms with Gasteiger partial charge in [0.15, 0.2) is 0 Å². The van der Waals surface area contributed by atoms with Crippen molar-refractivity contribution in [3.8, 4) is 0 Å². The average molecular weight is 501 g/mol. The molecule has 6 heteroatoms. The molecule has 4 rings (SSSR count). The van der Waals surface area contributed by atoms with Crippen LogP contribution in [0.25, 0.3) is 10.8 Å². The van der Waals surface area contributed by atoms with E-state index < -0.39 is 10.0 Å². The van der Waals surface area contributed by atoms with Crippen molar-refractivity contribution in [2.75, 3.05) is 17.4 Å². The van der Waals surface area contributed by atoms with Gasteiger partial charge in [-0.25, -0.2) is 8.42 Å². The van der Waals surface area contributed by atoms with Crippen LogP contribution in [0.1, 0.15) is 25.0 Å². The first-order chi connectivity index (χ1) is 17.4. The molecule has 0 heterocycles. The lowest BCUT2D eigenvalue weighted by molar-refractivity contribution is -0.119. The topological polar surface area (TPSA) is 66.5 Å². The van der Waals surface area contributed by atoms with E-state index >= 15 is 0 Å². The van der Waals surface area contributed by atoms with Gasteiger partial charge in [-0.1, -0.05) is 86.6 Å². The first kappa shape index (κ1) is 25.5. The summed E-state index contributed by atoms with van der Waals surface area (Å²) in [5.41, 5.74) is 2.80. The summed E-state index contributed by atoms with van der Waals surface area (Å²) in [5, 5.41) is 5.36. The molecule has 0 saturated heterocycles. The second-order valence-corrected chi connectivity index (χ2v) is 11.0. The lowest BCUT2D eigenvalue weighted by atomic mass is 9.96. The van der Waals surface area contributed by atoms with Gasteiger partial charge in [0.05, 0.1) is 10.6 Å². The molecular formula is C30H32N2O3S. The average Bonchev–Trinajstić information content (AvgIpc) is 2.91. The van der Waals surface area contributed by atoms with Gasteiger partial charge in [-0.15, -0.1) is 0 Å². The van der Waals surface area contributed by atoms with Crippen LogP contribution in [0.2, 0.25) is 0 Å². The fourth-order valence-corrected chi connectivity index (χ4v) is 5.77. The summed E-state index contributed by atoms with van der Waals surface area (Å²) in [6.07, 6.45) is 1.66. The van der Waals surface area contributed by atoms with E-state index in [1.807, 2.05) is 31.2 Å². The summed E-state index contributed by atoms with van der Waals surface area (Å²) in [6.45, 7) is 4.30. The molecule has 0 bridgehead atoms. The number of nitrogens with zero attached hydrogens (tertiary/aromatic N) is 1. The zero-order chi connectivity index (χ0) is 25.5. The van der Waals surface area contributed by atoms with Crippen LogP contribution in [0.5, 0.6) is 0 Å². The van der Waals surface area contributed by atoms with Crippen molar-refractivity contribution in [2.24, 2.45) is 5.92 Å². The number of anilines is 1. The Labute approximate surface area is 213 Å². The normalized spacial score (nSPS) is 12.3. The standard InChI is InChI=1S/C30H32N2O3S/c1-3-24-16-18-27(19-17-24)32(36(34,35)28-13-5-4-6-14-28)22-30(33)31-21-23(2)20-26-12-9-11-25-10-7-8-15-29(25)26/h4-19,23H,3,20-22H2,1-2H3,(H,31,33). The minimum absolute atomic E-state index is 0.154. The van der Waals surface area contributed by atoms with E-state index in [2.05, 4.69) is 42.6 Å². The Hall–Kier alpha value is -3.64. The predicted octanol–water partition coefficient (Wildman–Crippen LogP) is 5.59. The van der Waals surface area contributed by atoms with Gasteiger partial charge < -0.3 is 5.32 Å². The minimum Gasteiger partial charge on any atom is -0.354 e. The summed E-state index contributed by atoms with van der Waals surface area (Å²) < 4.78 is 28.1. The molecule has 0 aliphatic heterocycles. The number of hydrogen-bond acceptors (Lipinski definition) is 3. The second-order valence-electron chi connectivity index (χ2n) is 9.10. The van der Waals surface area contributed by atoms with Gasteiger partial charge in [0.1, 0.15) is 6.54 Å². The third-order valence-corrected chi connectivity index (χ3v) is 8.14. The number of amides is 1. The SMILES string of the molecule is CCc1ccc(N(CC(=O)NCC(C)Cc2cccc3ccccc23)S(=O)(=O)c2ccccc2)cc1. The highest BCUT2D eigenvalue weighted by molar-refractivity contribution is 7.92. The van der Waals surface area contributed by atoms with Crippen molar-refractivity contribution in [3.63, 3.8) is 0 Å². The summed E-state index contributed by atoms with van der Waals surface area (Å²) in [4.78, 5) is 13.1. The molecule has 4 aromatic rings. The van der Waals surface area contributed by atoms with Gasteiger partial charge in [-0.2, -0.15) is 0 Å². The Balaban J connectivity index is 1.47. The highest BCUT2D eigenvalue weighted by Crippen LogP contribution is 2.24. The Morgan fingerprint density at radius 3 is 2.25 bits per heavy atom. The molecule has 0 fully saturated rings. The molecule has 1 N–H and O–H groups in total. The maximum atomic E-state index is 13.5.